The molecule has 1 aliphatic carbocycles. The van der Waals surface area contributed by atoms with Crippen LogP contribution in [0.2, 0.25) is 10.0 Å². The number of anilines is 1. The number of rotatable bonds is 6. The van der Waals surface area contributed by atoms with E-state index in [2.05, 4.69) is 5.32 Å². The molecule has 0 spiro atoms. The second kappa shape index (κ2) is 8.64. The molecule has 1 unspecified atom stereocenters. The summed E-state index contributed by atoms with van der Waals surface area (Å²) in [6.45, 7) is 0.448. The Morgan fingerprint density at radius 1 is 1.21 bits per heavy atom. The molecule has 1 atom stereocenters. The van der Waals surface area contributed by atoms with Gasteiger partial charge < -0.3 is 10.1 Å². The average molecular weight is 432 g/mol. The van der Waals surface area contributed by atoms with E-state index in [-0.39, 0.29) is 17.9 Å². The van der Waals surface area contributed by atoms with Crippen molar-refractivity contribution in [2.75, 3.05) is 18.7 Å². The molecule has 1 N–H and O–H groups in total. The first-order valence-corrected chi connectivity index (χ1v) is 10.5. The molecule has 5 nitrogen and oxygen atoms in total. The number of hydrogen-bond acceptors (Lipinski definition) is 4. The SMILES string of the molecule is COc1ccc(C2CC(CNC(=O)C3CCC3)=NN2c2ccc(Cl)cc2Cl)cc1. The molecular weight excluding hydrogens is 409 g/mol. The lowest BCUT2D eigenvalue weighted by Gasteiger charge is -2.25. The van der Waals surface area contributed by atoms with Crippen LogP contribution in [0.1, 0.15) is 37.3 Å². The summed E-state index contributed by atoms with van der Waals surface area (Å²) >= 11 is 12.5. The molecule has 0 bridgehead atoms. The Bertz CT molecular complexity index is 926. The molecule has 2 aromatic carbocycles. The first-order chi connectivity index (χ1) is 14.0. The molecule has 2 aromatic rings. The van der Waals surface area contributed by atoms with Gasteiger partial charge in [0.2, 0.25) is 5.91 Å². The van der Waals surface area contributed by atoms with Gasteiger partial charge >= 0.3 is 0 Å². The quantitative estimate of drug-likeness (QED) is 0.681. The Balaban J connectivity index is 1.57. The largest absolute Gasteiger partial charge is 0.497 e. The summed E-state index contributed by atoms with van der Waals surface area (Å²) in [4.78, 5) is 12.2. The molecule has 1 amide bonds. The molecular formula is C22H23Cl2N3O2. The van der Waals surface area contributed by atoms with E-state index in [1.54, 1.807) is 19.2 Å². The second-order valence-corrected chi connectivity index (χ2v) is 8.29. The van der Waals surface area contributed by atoms with E-state index >= 15 is 0 Å². The van der Waals surface area contributed by atoms with E-state index in [0.717, 1.165) is 42.0 Å². The minimum Gasteiger partial charge on any atom is -0.497 e. The summed E-state index contributed by atoms with van der Waals surface area (Å²) in [6, 6.07) is 13.3. The lowest BCUT2D eigenvalue weighted by atomic mass is 9.85. The number of benzene rings is 2. The molecule has 0 saturated heterocycles. The number of ether oxygens (including phenoxy) is 1. The number of carbonyl (C=O) groups excluding carboxylic acids is 1. The second-order valence-electron chi connectivity index (χ2n) is 7.45. The molecule has 29 heavy (non-hydrogen) atoms. The fourth-order valence-electron chi connectivity index (χ4n) is 3.66. The van der Waals surface area contributed by atoms with Gasteiger partial charge in [-0.1, -0.05) is 41.8 Å². The van der Waals surface area contributed by atoms with Crippen molar-refractivity contribution in [1.29, 1.82) is 0 Å². The number of hydrogen-bond donors (Lipinski definition) is 1. The Morgan fingerprint density at radius 3 is 2.59 bits per heavy atom. The Morgan fingerprint density at radius 2 is 1.97 bits per heavy atom. The van der Waals surface area contributed by atoms with Crippen LogP contribution >= 0.6 is 23.2 Å². The lowest BCUT2D eigenvalue weighted by molar-refractivity contribution is -0.127. The molecule has 7 heteroatoms. The van der Waals surface area contributed by atoms with E-state index in [4.69, 9.17) is 33.0 Å². The third kappa shape index (κ3) is 4.36. The maximum Gasteiger partial charge on any atom is 0.223 e. The number of nitrogens with one attached hydrogen (secondary N) is 1. The van der Waals surface area contributed by atoms with Crippen molar-refractivity contribution in [2.24, 2.45) is 11.0 Å². The number of carbonyl (C=O) groups is 1. The molecule has 4 rings (SSSR count). The molecule has 0 radical (unpaired) electrons. The van der Waals surface area contributed by atoms with Gasteiger partial charge in [0.15, 0.2) is 0 Å². The minimum absolute atomic E-state index is 0.0183. The molecule has 1 saturated carbocycles. The van der Waals surface area contributed by atoms with Gasteiger partial charge in [0.1, 0.15) is 5.75 Å². The Kier molecular flexibility index (Phi) is 5.97. The van der Waals surface area contributed by atoms with Gasteiger partial charge in [-0.3, -0.25) is 9.80 Å². The Labute approximate surface area is 180 Å². The summed E-state index contributed by atoms with van der Waals surface area (Å²) in [7, 11) is 1.65. The van der Waals surface area contributed by atoms with Gasteiger partial charge in [0.25, 0.3) is 0 Å². The van der Waals surface area contributed by atoms with Gasteiger partial charge in [-0.15, -0.1) is 0 Å². The van der Waals surface area contributed by atoms with Crippen molar-refractivity contribution >= 4 is 40.5 Å². The highest BCUT2D eigenvalue weighted by Crippen LogP contribution is 2.40. The summed E-state index contributed by atoms with van der Waals surface area (Å²) in [5.41, 5.74) is 2.81. The highest BCUT2D eigenvalue weighted by molar-refractivity contribution is 6.36. The van der Waals surface area contributed by atoms with Gasteiger partial charge in [-0.2, -0.15) is 5.10 Å². The maximum atomic E-state index is 12.2. The standard InChI is InChI=1S/C22H23Cl2N3O2/c1-29-18-8-5-14(6-9-18)21-12-17(13-25-22(28)15-3-2-4-15)26-27(21)20-10-7-16(23)11-19(20)24/h5-11,15,21H,2-4,12-13H2,1H3,(H,25,28). The number of halogens is 2. The van der Waals surface area contributed by atoms with Gasteiger partial charge in [0, 0.05) is 17.4 Å². The predicted octanol–water partition coefficient (Wildman–Crippen LogP) is 5.23. The summed E-state index contributed by atoms with van der Waals surface area (Å²) < 4.78 is 5.27. The van der Waals surface area contributed by atoms with Gasteiger partial charge in [-0.05, 0) is 48.7 Å². The smallest absolute Gasteiger partial charge is 0.223 e. The van der Waals surface area contributed by atoms with E-state index in [1.807, 2.05) is 35.3 Å². The number of methoxy groups -OCH3 is 1. The van der Waals surface area contributed by atoms with Crippen LogP contribution in [0.4, 0.5) is 5.69 Å². The average Bonchev–Trinajstić information content (AvgIpc) is 3.09. The van der Waals surface area contributed by atoms with Crippen LogP contribution in [0.5, 0.6) is 5.75 Å². The van der Waals surface area contributed by atoms with Crippen LogP contribution in [0.25, 0.3) is 0 Å². The zero-order chi connectivity index (χ0) is 20.4. The summed E-state index contributed by atoms with van der Waals surface area (Å²) in [5.74, 6) is 1.09. The molecule has 152 valence electrons. The summed E-state index contributed by atoms with van der Waals surface area (Å²) in [6.07, 6.45) is 3.82. The first kappa shape index (κ1) is 20.0. The van der Waals surface area contributed by atoms with Crippen molar-refractivity contribution < 1.29 is 9.53 Å². The molecule has 1 fully saturated rings. The molecule has 2 aliphatic rings. The third-order valence-corrected chi connectivity index (χ3v) is 6.11. The topological polar surface area (TPSA) is 53.9 Å². The molecule has 0 aromatic heterocycles. The van der Waals surface area contributed by atoms with Crippen LogP contribution in [0, 0.1) is 5.92 Å². The van der Waals surface area contributed by atoms with E-state index in [0.29, 0.717) is 23.0 Å². The zero-order valence-electron chi connectivity index (χ0n) is 16.2. The van der Waals surface area contributed by atoms with Crippen molar-refractivity contribution in [1.82, 2.24) is 5.32 Å². The highest BCUT2D eigenvalue weighted by Gasteiger charge is 2.31. The van der Waals surface area contributed by atoms with Crippen LogP contribution < -0.4 is 15.1 Å². The first-order valence-electron chi connectivity index (χ1n) is 9.77. The third-order valence-electron chi connectivity index (χ3n) is 5.57. The van der Waals surface area contributed by atoms with Crippen LogP contribution in [-0.2, 0) is 4.79 Å². The van der Waals surface area contributed by atoms with Crippen molar-refractivity contribution in [2.45, 2.75) is 31.7 Å². The highest BCUT2D eigenvalue weighted by atomic mass is 35.5. The molecule has 1 heterocycles. The minimum atomic E-state index is -0.0183. The Hall–Kier alpha value is -2.24. The lowest BCUT2D eigenvalue weighted by Crippen LogP contribution is -2.37. The molecule has 1 aliphatic heterocycles. The number of hydrazone groups is 1. The fourth-order valence-corrected chi connectivity index (χ4v) is 4.15. The van der Waals surface area contributed by atoms with Crippen molar-refractivity contribution in [3.8, 4) is 5.75 Å². The van der Waals surface area contributed by atoms with Gasteiger partial charge in [0.05, 0.1) is 36.1 Å². The normalized spacial score (nSPS) is 18.9. The monoisotopic (exact) mass is 431 g/mol. The van der Waals surface area contributed by atoms with Crippen LogP contribution in [0.3, 0.4) is 0 Å². The number of amides is 1. The summed E-state index contributed by atoms with van der Waals surface area (Å²) in [5, 5.41) is 10.9. The predicted molar refractivity (Wildman–Crippen MR) is 117 cm³/mol. The van der Waals surface area contributed by atoms with E-state index in [9.17, 15) is 4.79 Å². The van der Waals surface area contributed by atoms with Crippen molar-refractivity contribution in [3.63, 3.8) is 0 Å². The number of nitrogens with zero attached hydrogens (tertiary/aromatic N) is 2. The van der Waals surface area contributed by atoms with E-state index < -0.39 is 0 Å². The van der Waals surface area contributed by atoms with Gasteiger partial charge in [-0.25, -0.2) is 0 Å². The van der Waals surface area contributed by atoms with Crippen LogP contribution in [0.15, 0.2) is 47.6 Å². The van der Waals surface area contributed by atoms with Crippen LogP contribution in [-0.4, -0.2) is 25.3 Å². The zero-order valence-corrected chi connectivity index (χ0v) is 17.7. The fraction of sp³-hybridized carbons (Fsp3) is 0.364. The van der Waals surface area contributed by atoms with E-state index in [1.165, 1.54) is 0 Å². The maximum absolute atomic E-state index is 12.2. The van der Waals surface area contributed by atoms with Crippen molar-refractivity contribution in [3.05, 3.63) is 58.1 Å².